The molecule has 2 aliphatic carbocycles. The number of carbonyl (C=O) groups is 2. The third-order valence-corrected chi connectivity index (χ3v) is 6.69. The van der Waals surface area contributed by atoms with E-state index >= 15 is 0 Å². The fraction of sp³-hybridized carbons (Fsp3) is 0.789. The van der Waals surface area contributed by atoms with Gasteiger partial charge in [0.05, 0.1) is 11.5 Å². The van der Waals surface area contributed by atoms with Crippen LogP contribution in [0.2, 0.25) is 0 Å². The van der Waals surface area contributed by atoms with Crippen LogP contribution < -0.4 is 0 Å². The standard InChI is InChI=1S/C19H26O5/c1-9(2)16(20)23-14-8-18(5)19(24-18)7-12-11(4)17(21)22-13(12)6-10(3)15(14)19/h9-10,12-15H,4,6-8H2,1-3,5H3/t10-,12+,13+,14+,15+,18-,19?/m0/s1. The van der Waals surface area contributed by atoms with E-state index < -0.39 is 0 Å². The molecule has 2 saturated carbocycles. The Labute approximate surface area is 142 Å². The molecule has 2 saturated heterocycles. The van der Waals surface area contributed by atoms with Gasteiger partial charge >= 0.3 is 11.9 Å². The lowest BCUT2D eigenvalue weighted by atomic mass is 9.78. The molecule has 2 heterocycles. The Balaban J connectivity index is 1.64. The van der Waals surface area contributed by atoms with Crippen molar-refractivity contribution in [3.63, 3.8) is 0 Å². The molecule has 1 spiro atoms. The molecule has 0 aromatic heterocycles. The average Bonchev–Trinajstić information content (AvgIpc) is 2.91. The van der Waals surface area contributed by atoms with Gasteiger partial charge in [0.25, 0.3) is 0 Å². The van der Waals surface area contributed by atoms with Crippen molar-refractivity contribution >= 4 is 11.9 Å². The van der Waals surface area contributed by atoms with Gasteiger partial charge in [-0.2, -0.15) is 0 Å². The zero-order valence-corrected chi connectivity index (χ0v) is 14.8. The van der Waals surface area contributed by atoms with Crippen molar-refractivity contribution in [1.82, 2.24) is 0 Å². The molecule has 132 valence electrons. The highest BCUT2D eigenvalue weighted by Gasteiger charge is 2.79. The smallest absolute Gasteiger partial charge is 0.334 e. The molecular weight excluding hydrogens is 308 g/mol. The summed E-state index contributed by atoms with van der Waals surface area (Å²) in [6, 6.07) is 0. The average molecular weight is 334 g/mol. The highest BCUT2D eigenvalue weighted by atomic mass is 16.6. The molecule has 2 aliphatic heterocycles. The summed E-state index contributed by atoms with van der Waals surface area (Å²) < 4.78 is 17.6. The van der Waals surface area contributed by atoms with E-state index in [0.29, 0.717) is 5.57 Å². The fourth-order valence-corrected chi connectivity index (χ4v) is 5.42. The summed E-state index contributed by atoms with van der Waals surface area (Å²) in [7, 11) is 0. The molecule has 0 amide bonds. The van der Waals surface area contributed by atoms with Gasteiger partial charge in [-0.15, -0.1) is 0 Å². The SMILES string of the molecule is C=C1C(=O)O[C@@H]2C[C@H](C)[C@@H]3[C@H](OC(=O)C(C)C)C[C@]4(C)OC34C[C@H]12. The van der Waals surface area contributed by atoms with Gasteiger partial charge in [-0.3, -0.25) is 4.79 Å². The van der Waals surface area contributed by atoms with Crippen LogP contribution in [0, 0.1) is 23.7 Å². The maximum atomic E-state index is 12.1. The van der Waals surface area contributed by atoms with E-state index in [1.54, 1.807) is 0 Å². The molecule has 7 atom stereocenters. The van der Waals surface area contributed by atoms with E-state index in [1.165, 1.54) is 0 Å². The Hall–Kier alpha value is -1.36. The van der Waals surface area contributed by atoms with Crippen LogP contribution >= 0.6 is 0 Å². The molecular formula is C19H26O5. The zero-order valence-electron chi connectivity index (χ0n) is 14.8. The first-order chi connectivity index (χ1) is 11.2. The molecule has 5 heteroatoms. The minimum Gasteiger partial charge on any atom is -0.462 e. The third kappa shape index (κ3) is 1.97. The lowest BCUT2D eigenvalue weighted by Gasteiger charge is -2.31. The summed E-state index contributed by atoms with van der Waals surface area (Å²) in [5.74, 6) is -0.114. The molecule has 4 aliphatic rings. The second-order valence-electron chi connectivity index (χ2n) is 8.57. The predicted molar refractivity (Wildman–Crippen MR) is 86.0 cm³/mol. The summed E-state index contributed by atoms with van der Waals surface area (Å²) in [5.41, 5.74) is -0.0120. The van der Waals surface area contributed by atoms with Crippen molar-refractivity contribution in [3.8, 4) is 0 Å². The largest absolute Gasteiger partial charge is 0.462 e. The van der Waals surface area contributed by atoms with Crippen molar-refractivity contribution in [2.75, 3.05) is 0 Å². The van der Waals surface area contributed by atoms with Crippen LogP contribution in [0.25, 0.3) is 0 Å². The van der Waals surface area contributed by atoms with E-state index in [9.17, 15) is 9.59 Å². The van der Waals surface area contributed by atoms with E-state index in [1.807, 2.05) is 13.8 Å². The number of fused-ring (bicyclic) bond motifs is 1. The van der Waals surface area contributed by atoms with E-state index in [4.69, 9.17) is 14.2 Å². The van der Waals surface area contributed by atoms with Crippen molar-refractivity contribution < 1.29 is 23.8 Å². The van der Waals surface area contributed by atoms with Gasteiger partial charge in [-0.1, -0.05) is 27.4 Å². The molecule has 0 aromatic rings. The molecule has 5 nitrogen and oxygen atoms in total. The Bertz CT molecular complexity index is 625. The van der Waals surface area contributed by atoms with Gasteiger partial charge in [0, 0.05) is 23.8 Å². The van der Waals surface area contributed by atoms with Crippen LogP contribution in [-0.2, 0) is 23.8 Å². The second kappa shape index (κ2) is 4.84. The lowest BCUT2D eigenvalue weighted by Crippen LogP contribution is -2.37. The third-order valence-electron chi connectivity index (χ3n) is 6.69. The number of epoxide rings is 1. The first kappa shape index (κ1) is 16.1. The highest BCUT2D eigenvalue weighted by Crippen LogP contribution is 2.69. The lowest BCUT2D eigenvalue weighted by molar-refractivity contribution is -0.159. The van der Waals surface area contributed by atoms with Gasteiger partial charge in [0.2, 0.25) is 0 Å². The van der Waals surface area contributed by atoms with Crippen LogP contribution in [-0.4, -0.2) is 35.3 Å². The summed E-state index contributed by atoms with van der Waals surface area (Å²) in [5, 5.41) is 0. The Morgan fingerprint density at radius 2 is 2.08 bits per heavy atom. The van der Waals surface area contributed by atoms with Crippen LogP contribution in [0.15, 0.2) is 12.2 Å². The fourth-order valence-electron chi connectivity index (χ4n) is 5.42. The number of ether oxygens (including phenoxy) is 3. The molecule has 0 bridgehead atoms. The molecule has 0 aromatic carbocycles. The number of rotatable bonds is 2. The van der Waals surface area contributed by atoms with E-state index in [2.05, 4.69) is 20.4 Å². The quantitative estimate of drug-likeness (QED) is 0.441. The van der Waals surface area contributed by atoms with Gasteiger partial charge in [-0.25, -0.2) is 4.79 Å². The number of esters is 2. The maximum absolute atomic E-state index is 12.1. The van der Waals surface area contributed by atoms with Crippen LogP contribution in [0.3, 0.4) is 0 Å². The van der Waals surface area contributed by atoms with Crippen LogP contribution in [0.4, 0.5) is 0 Å². The van der Waals surface area contributed by atoms with Gasteiger partial charge in [0.1, 0.15) is 17.8 Å². The van der Waals surface area contributed by atoms with Crippen molar-refractivity contribution in [2.24, 2.45) is 23.7 Å². The summed E-state index contributed by atoms with van der Waals surface area (Å²) >= 11 is 0. The summed E-state index contributed by atoms with van der Waals surface area (Å²) in [4.78, 5) is 24.0. The highest BCUT2D eigenvalue weighted by molar-refractivity contribution is 5.90. The Kier molecular flexibility index (Phi) is 3.25. The molecule has 24 heavy (non-hydrogen) atoms. The minimum atomic E-state index is -0.315. The number of carbonyl (C=O) groups excluding carboxylic acids is 2. The molecule has 4 rings (SSSR count). The number of hydrogen-bond acceptors (Lipinski definition) is 5. The Morgan fingerprint density at radius 1 is 1.38 bits per heavy atom. The van der Waals surface area contributed by atoms with Crippen molar-refractivity contribution in [3.05, 3.63) is 12.2 Å². The molecule has 0 radical (unpaired) electrons. The first-order valence-electron chi connectivity index (χ1n) is 8.99. The van der Waals surface area contributed by atoms with Gasteiger partial charge < -0.3 is 14.2 Å². The summed E-state index contributed by atoms with van der Waals surface area (Å²) in [6.45, 7) is 11.9. The summed E-state index contributed by atoms with van der Waals surface area (Å²) in [6.07, 6.45) is 2.02. The van der Waals surface area contributed by atoms with Gasteiger partial charge in [-0.05, 0) is 25.7 Å². The molecule has 0 N–H and O–H groups in total. The molecule has 1 unspecified atom stereocenters. The Morgan fingerprint density at radius 3 is 2.75 bits per heavy atom. The maximum Gasteiger partial charge on any atom is 0.334 e. The molecule has 4 fully saturated rings. The normalized spacial score (nSPS) is 49.1. The first-order valence-corrected chi connectivity index (χ1v) is 8.99. The van der Waals surface area contributed by atoms with Crippen molar-refractivity contribution in [2.45, 2.75) is 70.4 Å². The zero-order chi connectivity index (χ0) is 17.4. The number of hydrogen-bond donors (Lipinski definition) is 0. The second-order valence-corrected chi connectivity index (χ2v) is 8.57. The van der Waals surface area contributed by atoms with Crippen LogP contribution in [0.5, 0.6) is 0 Å². The van der Waals surface area contributed by atoms with E-state index in [-0.39, 0.29) is 59.0 Å². The monoisotopic (exact) mass is 334 g/mol. The topological polar surface area (TPSA) is 65.1 Å². The minimum absolute atomic E-state index is 0.0197. The predicted octanol–water partition coefficient (Wildman–Crippen LogP) is 2.63. The van der Waals surface area contributed by atoms with E-state index in [0.717, 1.165) is 19.3 Å². The van der Waals surface area contributed by atoms with Crippen LogP contribution in [0.1, 0.15) is 47.0 Å². The van der Waals surface area contributed by atoms with Gasteiger partial charge in [0.15, 0.2) is 0 Å². The van der Waals surface area contributed by atoms with Crippen molar-refractivity contribution in [1.29, 1.82) is 0 Å².